The molecule has 0 fully saturated rings. The van der Waals surface area contributed by atoms with Gasteiger partial charge in [0.2, 0.25) is 5.78 Å². The molecule has 1 aliphatic heterocycles. The minimum Gasteiger partial charge on any atom is -0.492 e. The highest BCUT2D eigenvalue weighted by Gasteiger charge is 2.33. The van der Waals surface area contributed by atoms with Crippen LogP contribution in [0.1, 0.15) is 33.2 Å². The van der Waals surface area contributed by atoms with E-state index in [1.54, 1.807) is 6.07 Å². The van der Waals surface area contributed by atoms with Crippen molar-refractivity contribution in [3.63, 3.8) is 0 Å². The van der Waals surface area contributed by atoms with Crippen LogP contribution < -0.4 is 10.4 Å². The van der Waals surface area contributed by atoms with Gasteiger partial charge in [-0.3, -0.25) is 9.59 Å². The molecule has 1 aliphatic carbocycles. The summed E-state index contributed by atoms with van der Waals surface area (Å²) in [7, 11) is 1.33. The molecule has 2 aliphatic rings. The Labute approximate surface area is 130 Å². The topological polar surface area (TPSA) is 82.8 Å². The Balaban J connectivity index is 2.15. The highest BCUT2D eigenvalue weighted by Crippen LogP contribution is 2.38. The van der Waals surface area contributed by atoms with Crippen molar-refractivity contribution in [2.75, 3.05) is 7.11 Å². The number of ketones is 2. The molecule has 0 saturated carbocycles. The van der Waals surface area contributed by atoms with Crippen LogP contribution in [-0.2, 0) is 11.2 Å². The van der Waals surface area contributed by atoms with E-state index in [9.17, 15) is 14.4 Å². The molecule has 6 nitrogen and oxygen atoms in total. The van der Waals surface area contributed by atoms with E-state index in [1.165, 1.54) is 13.2 Å². The lowest BCUT2D eigenvalue weighted by molar-refractivity contribution is 0.0916. The van der Waals surface area contributed by atoms with Crippen molar-refractivity contribution in [1.29, 1.82) is 0 Å². The maximum Gasteiger partial charge on any atom is 0.339 e. The molecular formula is C17H12O6. The molecule has 4 rings (SSSR count). The molecule has 0 N–H and O–H groups in total. The van der Waals surface area contributed by atoms with Crippen molar-refractivity contribution in [2.45, 2.75) is 19.4 Å². The number of methoxy groups -OCH3 is 1. The largest absolute Gasteiger partial charge is 0.492 e. The molecule has 1 atom stereocenters. The van der Waals surface area contributed by atoms with Crippen LogP contribution >= 0.6 is 0 Å². The lowest BCUT2D eigenvalue weighted by Crippen LogP contribution is -2.24. The summed E-state index contributed by atoms with van der Waals surface area (Å²) in [6, 6.07) is 2.94. The summed E-state index contributed by atoms with van der Waals surface area (Å²) in [6.45, 7) is 1.87. The summed E-state index contributed by atoms with van der Waals surface area (Å²) in [5.41, 5.74) is 0.590. The first-order valence-corrected chi connectivity index (χ1v) is 7.14. The van der Waals surface area contributed by atoms with Crippen LogP contribution in [0.25, 0.3) is 11.0 Å². The number of carbonyl (C=O) groups excluding carboxylic acids is 2. The van der Waals surface area contributed by atoms with E-state index in [-0.39, 0.29) is 28.6 Å². The Morgan fingerprint density at radius 2 is 2.00 bits per heavy atom. The zero-order valence-corrected chi connectivity index (χ0v) is 12.5. The molecule has 1 unspecified atom stereocenters. The van der Waals surface area contributed by atoms with Crippen molar-refractivity contribution in [2.24, 2.45) is 0 Å². The van der Waals surface area contributed by atoms with Crippen LogP contribution in [0.4, 0.5) is 0 Å². The first-order chi connectivity index (χ1) is 11.0. The van der Waals surface area contributed by atoms with Crippen molar-refractivity contribution in [3.05, 3.63) is 51.1 Å². The number of hydrogen-bond acceptors (Lipinski definition) is 6. The summed E-state index contributed by atoms with van der Waals surface area (Å²) < 4.78 is 15.9. The fourth-order valence-corrected chi connectivity index (χ4v) is 3.18. The first-order valence-electron chi connectivity index (χ1n) is 7.14. The first kappa shape index (κ1) is 13.8. The summed E-state index contributed by atoms with van der Waals surface area (Å²) in [5.74, 6) is -0.461. The van der Waals surface area contributed by atoms with E-state index in [2.05, 4.69) is 0 Å². The maximum absolute atomic E-state index is 12.5. The van der Waals surface area contributed by atoms with Gasteiger partial charge >= 0.3 is 5.63 Å². The molecule has 116 valence electrons. The molecule has 23 heavy (non-hydrogen) atoms. The lowest BCUT2D eigenvalue weighted by atomic mass is 9.87. The molecule has 0 saturated heterocycles. The van der Waals surface area contributed by atoms with E-state index in [0.717, 1.165) is 11.6 Å². The Bertz CT molecular complexity index is 979. The van der Waals surface area contributed by atoms with Gasteiger partial charge in [0.15, 0.2) is 17.1 Å². The van der Waals surface area contributed by atoms with E-state index in [4.69, 9.17) is 13.9 Å². The molecule has 1 aromatic heterocycles. The van der Waals surface area contributed by atoms with E-state index in [1.807, 2.05) is 6.92 Å². The Morgan fingerprint density at radius 1 is 1.22 bits per heavy atom. The molecule has 0 amide bonds. The minimum atomic E-state index is -0.622. The summed E-state index contributed by atoms with van der Waals surface area (Å²) in [5, 5.41) is 0.580. The molecule has 6 heteroatoms. The summed E-state index contributed by atoms with van der Waals surface area (Å²) >= 11 is 0. The molecule has 0 spiro atoms. The van der Waals surface area contributed by atoms with Gasteiger partial charge < -0.3 is 13.9 Å². The van der Waals surface area contributed by atoms with E-state index in [0.29, 0.717) is 17.6 Å². The standard InChI is InChI=1S/C17H12O6/c1-7-3-8-4-9-15(10(18)5-12(21-2)16(9)20)17-14(8)11(22-7)6-13(19)23-17/h4-7H,3H2,1-2H3. The predicted molar refractivity (Wildman–Crippen MR) is 80.0 cm³/mol. The van der Waals surface area contributed by atoms with E-state index >= 15 is 0 Å². The fraction of sp³-hybridized carbons (Fsp3) is 0.235. The second kappa shape index (κ2) is 4.55. The average molecular weight is 312 g/mol. The van der Waals surface area contributed by atoms with Crippen molar-refractivity contribution >= 4 is 22.5 Å². The molecule has 0 bridgehead atoms. The summed E-state index contributed by atoms with van der Waals surface area (Å²) in [4.78, 5) is 36.7. The third-order valence-corrected chi connectivity index (χ3v) is 4.09. The van der Waals surface area contributed by atoms with Gasteiger partial charge in [-0.25, -0.2) is 4.79 Å². The summed E-state index contributed by atoms with van der Waals surface area (Å²) in [6.07, 6.45) is 1.53. The van der Waals surface area contributed by atoms with Crippen molar-refractivity contribution in [3.8, 4) is 5.75 Å². The normalized spacial score (nSPS) is 19.2. The number of Topliss-reactive ketones (excluding diaryl/α,β-unsaturated/α-hetero) is 1. The van der Waals surface area contributed by atoms with Crippen LogP contribution in [0.3, 0.4) is 0 Å². The number of carbonyl (C=O) groups is 2. The number of ether oxygens (including phenoxy) is 2. The highest BCUT2D eigenvalue weighted by molar-refractivity contribution is 6.28. The second-order valence-electron chi connectivity index (χ2n) is 5.63. The Kier molecular flexibility index (Phi) is 2.72. The second-order valence-corrected chi connectivity index (χ2v) is 5.63. The molecule has 1 aromatic carbocycles. The quantitative estimate of drug-likeness (QED) is 0.749. The molecule has 2 heterocycles. The van der Waals surface area contributed by atoms with Crippen LogP contribution in [0.2, 0.25) is 0 Å². The average Bonchev–Trinajstić information content (AvgIpc) is 2.49. The Hall–Kier alpha value is -2.89. The molecule has 0 radical (unpaired) electrons. The van der Waals surface area contributed by atoms with Crippen LogP contribution in [0.15, 0.2) is 33.2 Å². The third-order valence-electron chi connectivity index (χ3n) is 4.09. The van der Waals surface area contributed by atoms with Crippen molar-refractivity contribution < 1.29 is 23.5 Å². The minimum absolute atomic E-state index is 0.0207. The van der Waals surface area contributed by atoms with E-state index < -0.39 is 17.2 Å². The van der Waals surface area contributed by atoms with Gasteiger partial charge in [0.1, 0.15) is 5.75 Å². The number of allylic oxidation sites excluding steroid dienone is 2. The van der Waals surface area contributed by atoms with Gasteiger partial charge in [0, 0.05) is 18.1 Å². The van der Waals surface area contributed by atoms with Crippen LogP contribution in [0, 0.1) is 0 Å². The lowest BCUT2D eigenvalue weighted by Gasteiger charge is -2.25. The highest BCUT2D eigenvalue weighted by atomic mass is 16.5. The zero-order valence-electron chi connectivity index (χ0n) is 12.5. The SMILES string of the molecule is COC1=CC(=O)c2c(cc3c4c(cc(=O)oc24)OC(C)C3)C1=O. The smallest absolute Gasteiger partial charge is 0.339 e. The number of fused-ring (bicyclic) bond motifs is 2. The van der Waals surface area contributed by atoms with Gasteiger partial charge in [0.25, 0.3) is 0 Å². The van der Waals surface area contributed by atoms with Gasteiger partial charge in [-0.2, -0.15) is 0 Å². The predicted octanol–water partition coefficient (Wildman–Crippen LogP) is 2.03. The number of hydrogen-bond donors (Lipinski definition) is 0. The van der Waals surface area contributed by atoms with Gasteiger partial charge in [-0.05, 0) is 18.6 Å². The van der Waals surface area contributed by atoms with Gasteiger partial charge in [-0.1, -0.05) is 0 Å². The van der Waals surface area contributed by atoms with Crippen LogP contribution in [0.5, 0.6) is 5.75 Å². The maximum atomic E-state index is 12.5. The third kappa shape index (κ3) is 1.84. The zero-order chi connectivity index (χ0) is 16.3. The molecule has 2 aromatic rings. The number of rotatable bonds is 1. The van der Waals surface area contributed by atoms with Crippen molar-refractivity contribution in [1.82, 2.24) is 0 Å². The fourth-order valence-electron chi connectivity index (χ4n) is 3.18. The molecular weight excluding hydrogens is 300 g/mol. The monoisotopic (exact) mass is 312 g/mol. The van der Waals surface area contributed by atoms with Gasteiger partial charge in [0.05, 0.1) is 30.2 Å². The number of benzene rings is 1. The van der Waals surface area contributed by atoms with Gasteiger partial charge in [-0.15, -0.1) is 0 Å². The van der Waals surface area contributed by atoms with Crippen LogP contribution in [-0.4, -0.2) is 24.8 Å². The Morgan fingerprint density at radius 3 is 2.74 bits per heavy atom.